The quantitative estimate of drug-likeness (QED) is 0.549. The second-order valence-corrected chi connectivity index (χ2v) is 7.19. The molecule has 1 saturated heterocycles. The molecule has 2 atom stereocenters. The Kier molecular flexibility index (Phi) is 5.91. The van der Waals surface area contributed by atoms with Crippen LogP contribution < -0.4 is 4.72 Å². The Labute approximate surface area is 138 Å². The van der Waals surface area contributed by atoms with Crippen LogP contribution in [0, 0.1) is 0 Å². The van der Waals surface area contributed by atoms with Crippen molar-refractivity contribution in [2.75, 3.05) is 13.2 Å². The van der Waals surface area contributed by atoms with Crippen LogP contribution in [-0.4, -0.2) is 59.6 Å². The number of nitrogens with zero attached hydrogens (tertiary/aromatic N) is 2. The van der Waals surface area contributed by atoms with Gasteiger partial charge >= 0.3 is 11.9 Å². The Morgan fingerprint density at radius 2 is 2.21 bits per heavy atom. The van der Waals surface area contributed by atoms with Crippen molar-refractivity contribution in [3.05, 3.63) is 12.4 Å². The number of carboxylic acid groups (broad SMARTS) is 2. The summed E-state index contributed by atoms with van der Waals surface area (Å²) < 4.78 is 33.4. The van der Waals surface area contributed by atoms with Crippen LogP contribution in [0.15, 0.2) is 17.3 Å². The van der Waals surface area contributed by atoms with Crippen LogP contribution in [0.1, 0.15) is 31.7 Å². The third kappa shape index (κ3) is 4.76. The third-order valence-electron chi connectivity index (χ3n) is 3.65. The van der Waals surface area contributed by atoms with Gasteiger partial charge in [-0.2, -0.15) is 9.82 Å². The van der Waals surface area contributed by atoms with E-state index < -0.39 is 28.0 Å². The lowest BCUT2D eigenvalue weighted by molar-refractivity contribution is -0.140. The average Bonchev–Trinajstić information content (AvgIpc) is 3.16. The lowest BCUT2D eigenvalue weighted by Crippen LogP contribution is -2.40. The number of sulfonamides is 1. The first-order valence-corrected chi connectivity index (χ1v) is 8.87. The molecule has 0 radical (unpaired) electrons. The Hall–Kier alpha value is -1.98. The lowest BCUT2D eigenvalue weighted by atomic mass is 10.1. The first-order valence-electron chi connectivity index (χ1n) is 7.38. The van der Waals surface area contributed by atoms with Gasteiger partial charge in [-0.25, -0.2) is 8.42 Å². The maximum atomic E-state index is 12.3. The Bertz CT molecular complexity index is 694. The van der Waals surface area contributed by atoms with Crippen molar-refractivity contribution < 1.29 is 33.0 Å². The van der Waals surface area contributed by atoms with E-state index in [1.807, 2.05) is 0 Å². The van der Waals surface area contributed by atoms with Crippen molar-refractivity contribution in [2.24, 2.45) is 0 Å². The lowest BCUT2D eigenvalue weighted by Gasteiger charge is -2.13. The Morgan fingerprint density at radius 3 is 2.79 bits per heavy atom. The maximum absolute atomic E-state index is 12.3. The van der Waals surface area contributed by atoms with Gasteiger partial charge in [0.15, 0.2) is 0 Å². The number of carboxylic acids is 2. The van der Waals surface area contributed by atoms with E-state index in [1.165, 1.54) is 10.9 Å². The minimum atomic E-state index is -4.07. The second-order valence-electron chi connectivity index (χ2n) is 5.47. The number of carbonyl (C=O) groups is 2. The van der Waals surface area contributed by atoms with E-state index in [0.29, 0.717) is 13.2 Å². The van der Waals surface area contributed by atoms with Gasteiger partial charge in [0.2, 0.25) is 10.0 Å². The van der Waals surface area contributed by atoms with E-state index in [4.69, 9.17) is 14.9 Å². The molecule has 2 rings (SSSR count). The molecule has 0 saturated carbocycles. The zero-order chi connectivity index (χ0) is 17.7. The molecule has 0 aliphatic carbocycles. The highest BCUT2D eigenvalue weighted by Crippen LogP contribution is 2.20. The summed E-state index contributed by atoms with van der Waals surface area (Å²) in [6.07, 6.45) is 2.90. The van der Waals surface area contributed by atoms with Crippen LogP contribution in [0.5, 0.6) is 0 Å². The molecule has 1 aromatic rings. The molecule has 0 spiro atoms. The largest absolute Gasteiger partial charge is 0.481 e. The summed E-state index contributed by atoms with van der Waals surface area (Å²) in [5.41, 5.74) is 0. The summed E-state index contributed by atoms with van der Waals surface area (Å²) in [6, 6.07) is -1.44. The summed E-state index contributed by atoms with van der Waals surface area (Å²) >= 11 is 0. The summed E-state index contributed by atoms with van der Waals surface area (Å²) in [7, 11) is -4.07. The van der Waals surface area contributed by atoms with E-state index >= 15 is 0 Å². The molecule has 11 heteroatoms. The molecule has 1 aromatic heterocycles. The molecule has 24 heavy (non-hydrogen) atoms. The normalized spacial score (nSPS) is 19.2. The van der Waals surface area contributed by atoms with E-state index in [2.05, 4.69) is 9.82 Å². The number of aliphatic carboxylic acids is 2. The highest BCUT2D eigenvalue weighted by molar-refractivity contribution is 7.89. The Balaban J connectivity index is 2.04. The van der Waals surface area contributed by atoms with Crippen LogP contribution >= 0.6 is 0 Å². The topological polar surface area (TPSA) is 148 Å². The van der Waals surface area contributed by atoms with Gasteiger partial charge in [0.05, 0.1) is 18.8 Å². The van der Waals surface area contributed by atoms with Crippen LogP contribution in [0.2, 0.25) is 0 Å². The van der Waals surface area contributed by atoms with Gasteiger partial charge in [0, 0.05) is 19.2 Å². The van der Waals surface area contributed by atoms with Gasteiger partial charge in [0.25, 0.3) is 0 Å². The summed E-state index contributed by atoms with van der Waals surface area (Å²) in [5, 5.41) is 21.7. The molecule has 10 nitrogen and oxygen atoms in total. The summed E-state index contributed by atoms with van der Waals surface area (Å²) in [6.45, 7) is 1.02. The predicted molar refractivity (Wildman–Crippen MR) is 79.9 cm³/mol. The van der Waals surface area contributed by atoms with Crippen LogP contribution in [0.4, 0.5) is 0 Å². The zero-order valence-corrected chi connectivity index (χ0v) is 13.6. The minimum Gasteiger partial charge on any atom is -0.481 e. The second kappa shape index (κ2) is 7.73. The monoisotopic (exact) mass is 361 g/mol. The fourth-order valence-electron chi connectivity index (χ4n) is 2.34. The third-order valence-corrected chi connectivity index (χ3v) is 5.07. The van der Waals surface area contributed by atoms with E-state index in [9.17, 15) is 18.0 Å². The van der Waals surface area contributed by atoms with Crippen molar-refractivity contribution >= 4 is 22.0 Å². The standard InChI is InChI=1S/C13H19N3O7S/c17-12(18)3-1-2-11(13(19)20)15-24(21,22)10-6-14-16(7-10)9-4-5-23-8-9/h6-7,9,11,15H,1-5,8H2,(H,17,18)(H,19,20)/t9?,11-/m1/s1. The number of hydrogen-bond acceptors (Lipinski definition) is 6. The number of nitrogens with one attached hydrogen (secondary N) is 1. The van der Waals surface area contributed by atoms with Gasteiger partial charge < -0.3 is 14.9 Å². The van der Waals surface area contributed by atoms with Gasteiger partial charge in [-0.05, 0) is 19.3 Å². The molecule has 1 aliphatic heterocycles. The zero-order valence-electron chi connectivity index (χ0n) is 12.8. The fraction of sp³-hybridized carbons (Fsp3) is 0.615. The predicted octanol–water partition coefficient (Wildman–Crippen LogP) is -0.169. The van der Waals surface area contributed by atoms with Crippen LogP contribution in [-0.2, 0) is 24.3 Å². The summed E-state index contributed by atoms with van der Waals surface area (Å²) in [5.74, 6) is -2.43. The number of aromatic nitrogens is 2. The number of ether oxygens (including phenoxy) is 1. The van der Waals surface area contributed by atoms with Gasteiger partial charge in [-0.1, -0.05) is 0 Å². The van der Waals surface area contributed by atoms with E-state index in [1.54, 1.807) is 0 Å². The van der Waals surface area contributed by atoms with Crippen molar-refractivity contribution in [2.45, 2.75) is 42.7 Å². The van der Waals surface area contributed by atoms with Crippen molar-refractivity contribution in [1.29, 1.82) is 0 Å². The van der Waals surface area contributed by atoms with Gasteiger partial charge in [-0.3, -0.25) is 14.3 Å². The maximum Gasteiger partial charge on any atom is 0.321 e. The molecule has 0 aromatic carbocycles. The SMILES string of the molecule is O=C(O)CCC[C@@H](NS(=O)(=O)c1cnn(C2CCOC2)c1)C(=O)O. The highest BCUT2D eigenvalue weighted by atomic mass is 32.2. The molecule has 3 N–H and O–H groups in total. The van der Waals surface area contributed by atoms with Crippen molar-refractivity contribution in [1.82, 2.24) is 14.5 Å². The van der Waals surface area contributed by atoms with Crippen molar-refractivity contribution in [3.8, 4) is 0 Å². The molecule has 0 bridgehead atoms. The van der Waals surface area contributed by atoms with Crippen LogP contribution in [0.3, 0.4) is 0 Å². The smallest absolute Gasteiger partial charge is 0.321 e. The molecule has 134 valence electrons. The van der Waals surface area contributed by atoms with Crippen LogP contribution in [0.25, 0.3) is 0 Å². The Morgan fingerprint density at radius 1 is 1.46 bits per heavy atom. The molecular formula is C13H19N3O7S. The first kappa shape index (κ1) is 18.4. The average molecular weight is 361 g/mol. The molecular weight excluding hydrogens is 342 g/mol. The number of rotatable bonds is 9. The molecule has 0 amide bonds. The highest BCUT2D eigenvalue weighted by Gasteiger charge is 2.27. The minimum absolute atomic E-state index is 0.0419. The van der Waals surface area contributed by atoms with Gasteiger partial charge in [0.1, 0.15) is 10.9 Å². The fourth-order valence-corrected chi connectivity index (χ4v) is 3.50. The molecule has 1 fully saturated rings. The number of hydrogen-bond donors (Lipinski definition) is 3. The van der Waals surface area contributed by atoms with Crippen molar-refractivity contribution in [3.63, 3.8) is 0 Å². The molecule has 1 unspecified atom stereocenters. The molecule has 1 aliphatic rings. The summed E-state index contributed by atoms with van der Waals surface area (Å²) in [4.78, 5) is 21.5. The first-order chi connectivity index (χ1) is 11.3. The van der Waals surface area contributed by atoms with E-state index in [-0.39, 0.29) is 30.2 Å². The molecule has 2 heterocycles. The van der Waals surface area contributed by atoms with Gasteiger partial charge in [-0.15, -0.1) is 0 Å². The van der Waals surface area contributed by atoms with E-state index in [0.717, 1.165) is 12.6 Å².